The van der Waals surface area contributed by atoms with Crippen LogP contribution in [-0.2, 0) is 11.2 Å². The number of likely N-dealkylation sites (tertiary alicyclic amines) is 2. The van der Waals surface area contributed by atoms with Gasteiger partial charge in [-0.1, -0.05) is 19.1 Å². The molecule has 0 aliphatic carbocycles. The maximum absolute atomic E-state index is 11.4. The molecule has 2 aliphatic rings. The topological polar surface area (TPSA) is 68.6 Å². The molecule has 29 heavy (non-hydrogen) atoms. The van der Waals surface area contributed by atoms with Crippen LogP contribution in [0.4, 0.5) is 4.79 Å². The molecule has 2 saturated heterocycles. The van der Waals surface area contributed by atoms with Crippen LogP contribution in [0.15, 0.2) is 24.3 Å². The van der Waals surface area contributed by atoms with Crippen LogP contribution >= 0.6 is 0 Å². The average Bonchev–Trinajstić information content (AvgIpc) is 2.60. The first-order valence-corrected chi connectivity index (χ1v) is 10.5. The molecule has 0 bridgehead atoms. The number of nitrogens with zero attached hydrogens (tertiary/aromatic N) is 3. The third-order valence-electron chi connectivity index (χ3n) is 5.14. The van der Waals surface area contributed by atoms with Crippen molar-refractivity contribution in [3.63, 3.8) is 0 Å². The highest BCUT2D eigenvalue weighted by Gasteiger charge is 2.49. The highest BCUT2D eigenvalue weighted by Crippen LogP contribution is 2.38. The Morgan fingerprint density at radius 1 is 1.21 bits per heavy atom. The summed E-state index contributed by atoms with van der Waals surface area (Å²) < 4.78 is 5.19. The molecule has 0 saturated carbocycles. The fourth-order valence-electron chi connectivity index (χ4n) is 3.98. The van der Waals surface area contributed by atoms with E-state index in [9.17, 15) is 4.79 Å². The molecule has 3 rings (SSSR count). The second kappa shape index (κ2) is 10.1. The summed E-state index contributed by atoms with van der Waals surface area (Å²) in [7, 11) is 2.18. The van der Waals surface area contributed by atoms with E-state index in [4.69, 9.17) is 10.00 Å². The number of hydrogen-bond acceptors (Lipinski definition) is 5. The van der Waals surface area contributed by atoms with E-state index >= 15 is 0 Å². The fraction of sp³-hybridized carbons (Fsp3) is 0.652. The van der Waals surface area contributed by atoms with Crippen molar-refractivity contribution in [2.45, 2.75) is 46.1 Å². The number of amides is 1. The van der Waals surface area contributed by atoms with Crippen molar-refractivity contribution in [2.75, 3.05) is 46.3 Å². The lowest BCUT2D eigenvalue weighted by molar-refractivity contribution is -0.104. The number of benzene rings is 1. The Hall–Kier alpha value is -2.10. The number of hydrogen-bond donors (Lipinski definition) is 1. The van der Waals surface area contributed by atoms with Crippen molar-refractivity contribution in [3.05, 3.63) is 35.4 Å². The van der Waals surface area contributed by atoms with Gasteiger partial charge >= 0.3 is 6.09 Å². The molecule has 1 N–H and O–H groups in total. The van der Waals surface area contributed by atoms with E-state index in [1.54, 1.807) is 0 Å². The highest BCUT2D eigenvalue weighted by molar-refractivity contribution is 5.67. The molecule has 0 radical (unpaired) electrons. The van der Waals surface area contributed by atoms with Crippen molar-refractivity contribution < 1.29 is 9.53 Å². The zero-order valence-electron chi connectivity index (χ0n) is 18.6. The lowest BCUT2D eigenvalue weighted by Gasteiger charge is -2.59. The first-order chi connectivity index (χ1) is 13.6. The second-order valence-electron chi connectivity index (χ2n) is 9.33. The smallest absolute Gasteiger partial charge is 0.407 e. The van der Waals surface area contributed by atoms with Gasteiger partial charge in [0.05, 0.1) is 11.6 Å². The van der Waals surface area contributed by atoms with E-state index in [1.807, 2.05) is 45.0 Å². The Morgan fingerprint density at radius 2 is 1.83 bits per heavy atom. The molecule has 0 aromatic heterocycles. The third kappa shape index (κ3) is 7.68. The van der Waals surface area contributed by atoms with Crippen LogP contribution in [0.25, 0.3) is 0 Å². The normalized spacial score (nSPS) is 17.9. The van der Waals surface area contributed by atoms with Gasteiger partial charge in [0.1, 0.15) is 5.60 Å². The number of rotatable bonds is 5. The molecule has 2 aliphatic heterocycles. The number of carbonyl (C=O) groups is 1. The molecule has 160 valence electrons. The quantitative estimate of drug-likeness (QED) is 0.769. The SMILES string of the molecule is CCc1ccc(C#N)cc1.CN1CC2(C1)CN(CCCNC(=O)OC(C)(C)C)C2. The number of nitrogens with one attached hydrogen (secondary N) is 1. The van der Waals surface area contributed by atoms with Gasteiger partial charge in [-0.05, 0) is 64.9 Å². The van der Waals surface area contributed by atoms with Gasteiger partial charge in [-0.15, -0.1) is 0 Å². The summed E-state index contributed by atoms with van der Waals surface area (Å²) in [4.78, 5) is 16.3. The van der Waals surface area contributed by atoms with E-state index in [0.717, 1.165) is 24.9 Å². The maximum Gasteiger partial charge on any atom is 0.407 e. The van der Waals surface area contributed by atoms with Crippen molar-refractivity contribution >= 4 is 6.09 Å². The van der Waals surface area contributed by atoms with E-state index in [1.165, 1.54) is 31.7 Å². The molecule has 6 heteroatoms. The average molecular weight is 401 g/mol. The second-order valence-corrected chi connectivity index (χ2v) is 9.33. The number of carbonyl (C=O) groups excluding carboxylic acids is 1. The zero-order valence-corrected chi connectivity index (χ0v) is 18.6. The van der Waals surface area contributed by atoms with Crippen LogP contribution in [0, 0.1) is 16.7 Å². The first kappa shape index (κ1) is 23.2. The Balaban J connectivity index is 0.000000253. The molecule has 1 spiro atoms. The predicted molar refractivity (Wildman–Crippen MR) is 116 cm³/mol. The lowest BCUT2D eigenvalue weighted by Crippen LogP contribution is -2.71. The molecular formula is C23H36N4O2. The third-order valence-corrected chi connectivity index (χ3v) is 5.14. The molecule has 1 aromatic rings. The number of nitriles is 1. The van der Waals surface area contributed by atoms with Gasteiger partial charge < -0.3 is 19.9 Å². The standard InChI is InChI=1S/C14H27N3O2.C9H9N/c1-13(2,3)19-12(18)15-6-5-7-17-10-14(11-17)8-16(4)9-14;1-2-8-3-5-9(7-10)6-4-8/h5-11H2,1-4H3,(H,15,18);3-6H,2H2,1H3. The van der Waals surface area contributed by atoms with Gasteiger partial charge in [0.2, 0.25) is 0 Å². The largest absolute Gasteiger partial charge is 0.444 e. The summed E-state index contributed by atoms with van der Waals surface area (Å²) in [5.74, 6) is 0. The van der Waals surface area contributed by atoms with Crippen molar-refractivity contribution in [3.8, 4) is 6.07 Å². The highest BCUT2D eigenvalue weighted by atomic mass is 16.6. The number of aryl methyl sites for hydroxylation is 1. The molecule has 2 heterocycles. The predicted octanol–water partition coefficient (Wildman–Crippen LogP) is 3.27. The van der Waals surface area contributed by atoms with Crippen molar-refractivity contribution in [1.82, 2.24) is 15.1 Å². The van der Waals surface area contributed by atoms with Gasteiger partial charge in [0.15, 0.2) is 0 Å². The Morgan fingerprint density at radius 3 is 2.31 bits per heavy atom. The zero-order chi connectivity index (χ0) is 21.5. The van der Waals surface area contributed by atoms with E-state index in [-0.39, 0.29) is 6.09 Å². The Labute approximate surface area is 175 Å². The number of alkyl carbamates (subject to hydrolysis) is 1. The minimum Gasteiger partial charge on any atom is -0.444 e. The van der Waals surface area contributed by atoms with Gasteiger partial charge in [-0.25, -0.2) is 4.79 Å². The minimum absolute atomic E-state index is 0.312. The molecule has 6 nitrogen and oxygen atoms in total. The summed E-state index contributed by atoms with van der Waals surface area (Å²) in [5.41, 5.74) is 2.20. The molecule has 0 atom stereocenters. The van der Waals surface area contributed by atoms with Crippen LogP contribution in [0.2, 0.25) is 0 Å². The fourth-order valence-corrected chi connectivity index (χ4v) is 3.98. The van der Waals surface area contributed by atoms with Crippen LogP contribution in [0.3, 0.4) is 0 Å². The minimum atomic E-state index is -0.413. The van der Waals surface area contributed by atoms with Crippen molar-refractivity contribution in [2.24, 2.45) is 5.41 Å². The summed E-state index contributed by atoms with van der Waals surface area (Å²) >= 11 is 0. The van der Waals surface area contributed by atoms with E-state index in [2.05, 4.69) is 35.2 Å². The van der Waals surface area contributed by atoms with Crippen LogP contribution in [-0.4, -0.2) is 67.8 Å². The molecule has 0 unspecified atom stereocenters. The summed E-state index contributed by atoms with van der Waals surface area (Å²) in [5, 5.41) is 11.3. The maximum atomic E-state index is 11.4. The molecular weight excluding hydrogens is 364 g/mol. The van der Waals surface area contributed by atoms with E-state index < -0.39 is 5.60 Å². The van der Waals surface area contributed by atoms with Crippen LogP contribution in [0.1, 0.15) is 45.2 Å². The van der Waals surface area contributed by atoms with Gasteiger partial charge in [-0.3, -0.25) is 0 Å². The Bertz CT molecular complexity index is 689. The Kier molecular flexibility index (Phi) is 8.06. The monoisotopic (exact) mass is 400 g/mol. The van der Waals surface area contributed by atoms with Gasteiger partial charge in [0, 0.05) is 38.1 Å². The lowest BCUT2D eigenvalue weighted by atomic mass is 9.73. The molecule has 2 fully saturated rings. The van der Waals surface area contributed by atoms with Gasteiger partial charge in [0.25, 0.3) is 0 Å². The molecule has 1 aromatic carbocycles. The molecule has 1 amide bonds. The van der Waals surface area contributed by atoms with E-state index in [0.29, 0.717) is 12.0 Å². The van der Waals surface area contributed by atoms with Crippen LogP contribution < -0.4 is 5.32 Å². The summed E-state index contributed by atoms with van der Waals surface area (Å²) in [6.07, 6.45) is 1.71. The van der Waals surface area contributed by atoms with Crippen LogP contribution in [0.5, 0.6) is 0 Å². The first-order valence-electron chi connectivity index (χ1n) is 10.5. The van der Waals surface area contributed by atoms with Gasteiger partial charge in [-0.2, -0.15) is 5.26 Å². The number of ether oxygens (including phenoxy) is 1. The van der Waals surface area contributed by atoms with Crippen molar-refractivity contribution in [1.29, 1.82) is 5.26 Å². The summed E-state index contributed by atoms with van der Waals surface area (Å²) in [6.45, 7) is 14.4. The summed E-state index contributed by atoms with van der Waals surface area (Å²) in [6, 6.07) is 9.74.